The van der Waals surface area contributed by atoms with E-state index >= 15 is 0 Å². The Kier molecular flexibility index (Phi) is 12.8. The van der Waals surface area contributed by atoms with E-state index < -0.39 is 26.8 Å². The zero-order valence-corrected chi connectivity index (χ0v) is 33.9. The number of methoxy groups -OCH3 is 2. The molecular formula is C41H57ClN4O7S. The molecule has 2 aliphatic carbocycles. The third kappa shape index (κ3) is 8.39. The van der Waals surface area contributed by atoms with Crippen molar-refractivity contribution in [3.05, 3.63) is 70.3 Å². The zero-order valence-electron chi connectivity index (χ0n) is 32.3. The summed E-state index contributed by atoms with van der Waals surface area (Å²) in [7, 11) is 1.48. The van der Waals surface area contributed by atoms with Crippen LogP contribution in [0, 0.1) is 17.8 Å². The van der Waals surface area contributed by atoms with Gasteiger partial charge in [0.15, 0.2) is 6.29 Å². The van der Waals surface area contributed by atoms with Gasteiger partial charge >= 0.3 is 0 Å². The highest BCUT2D eigenvalue weighted by Gasteiger charge is 2.49. The number of hydrogen-bond acceptors (Lipinski definition) is 10. The summed E-state index contributed by atoms with van der Waals surface area (Å²) in [6, 6.07) is 12.0. The maximum atomic E-state index is 13.4. The molecule has 0 radical (unpaired) electrons. The van der Waals surface area contributed by atoms with Gasteiger partial charge in [0.1, 0.15) is 11.4 Å². The molecule has 0 aromatic heterocycles. The largest absolute Gasteiger partial charge is 0.490 e. The summed E-state index contributed by atoms with van der Waals surface area (Å²) in [4.78, 5) is 30.7. The summed E-state index contributed by atoms with van der Waals surface area (Å²) in [5, 5.41) is 3.11. The van der Waals surface area contributed by atoms with E-state index in [2.05, 4.69) is 39.0 Å². The second-order valence-corrected chi connectivity index (χ2v) is 18.5. The number of aldehydes is 1. The van der Waals surface area contributed by atoms with Gasteiger partial charge < -0.3 is 24.4 Å². The highest BCUT2D eigenvalue weighted by Crippen LogP contribution is 2.48. The van der Waals surface area contributed by atoms with Crippen LogP contribution in [0.1, 0.15) is 67.4 Å². The number of allylic oxidation sites excluding steroid dienone is 1. The number of amides is 1. The quantitative estimate of drug-likeness (QED) is 0.305. The number of nitrogens with one attached hydrogen (secondary N) is 2. The second-order valence-electron chi connectivity index (χ2n) is 16.0. The molecule has 2 aromatic carbocycles. The standard InChI is InChI=1S/C34H41ClN2O6S.C7H16N2O/c1-22-6-4-15-34(20-38,42-3)29-11-8-26(29)18-37-19-33(14-5-7-24-16-27(35)10-12-28(24)33)21-43-31-13-9-25(17-30(31)37)32(39)36-44(40,41)23(22)2;1-9(3-4-10-2)7-5-8-6-7/h4,9-10,12-13,15-17,20,22-23,26,29H,5-8,11,14,18-19,21H2,1-3H3,(H,36,39);7-8H,3-6H2,1-2H3/b15-4+;/t22-,23+,26-,29+,33-,34+;/m0./s1. The topological polar surface area (TPSA) is 127 Å². The Bertz CT molecular complexity index is 1810. The minimum atomic E-state index is -3.97. The minimum absolute atomic E-state index is 0.0434. The van der Waals surface area contributed by atoms with Crippen molar-refractivity contribution < 1.29 is 32.2 Å². The first kappa shape index (κ1) is 40.7. The molecule has 1 spiro atoms. The number of ether oxygens (including phenoxy) is 3. The average Bonchev–Trinajstić information content (AvgIpc) is 3.27. The Morgan fingerprint density at radius 2 is 1.93 bits per heavy atom. The summed E-state index contributed by atoms with van der Waals surface area (Å²) in [6.07, 6.45) is 9.65. The molecule has 6 atom stereocenters. The van der Waals surface area contributed by atoms with E-state index in [1.807, 2.05) is 25.1 Å². The first-order valence-corrected chi connectivity index (χ1v) is 21.2. The Hall–Kier alpha value is -3.00. The van der Waals surface area contributed by atoms with Crippen LogP contribution in [0.3, 0.4) is 0 Å². The van der Waals surface area contributed by atoms with E-state index in [0.29, 0.717) is 36.9 Å². The van der Waals surface area contributed by atoms with Crippen molar-refractivity contribution in [2.75, 3.05) is 72.1 Å². The fourth-order valence-electron chi connectivity index (χ4n) is 8.69. The molecule has 5 aliphatic rings. The normalized spacial score (nSPS) is 31.2. The van der Waals surface area contributed by atoms with E-state index in [1.54, 1.807) is 39.3 Å². The molecule has 11 nitrogen and oxygen atoms in total. The molecule has 54 heavy (non-hydrogen) atoms. The molecular weight excluding hydrogens is 728 g/mol. The number of fused-ring (bicyclic) bond motifs is 4. The number of aryl methyl sites for hydroxylation is 1. The Labute approximate surface area is 326 Å². The predicted octanol–water partition coefficient (Wildman–Crippen LogP) is 5.00. The molecule has 1 saturated carbocycles. The molecule has 1 amide bonds. The molecule has 1 saturated heterocycles. The van der Waals surface area contributed by atoms with E-state index in [4.69, 9.17) is 25.8 Å². The van der Waals surface area contributed by atoms with Crippen LogP contribution in [0.2, 0.25) is 5.02 Å². The lowest BCUT2D eigenvalue weighted by Crippen LogP contribution is -2.56. The van der Waals surface area contributed by atoms with Gasteiger partial charge in [0.25, 0.3) is 5.91 Å². The monoisotopic (exact) mass is 784 g/mol. The molecule has 0 unspecified atom stereocenters. The smallest absolute Gasteiger partial charge is 0.264 e. The molecule has 3 aliphatic heterocycles. The van der Waals surface area contributed by atoms with Gasteiger partial charge in [-0.25, -0.2) is 13.1 Å². The van der Waals surface area contributed by atoms with Gasteiger partial charge in [-0.05, 0) is 112 Å². The third-order valence-corrected chi connectivity index (χ3v) is 14.9. The number of benzene rings is 2. The molecule has 7 rings (SSSR count). The zero-order chi connectivity index (χ0) is 38.7. The van der Waals surface area contributed by atoms with Gasteiger partial charge in [-0.15, -0.1) is 0 Å². The number of nitrogens with zero attached hydrogens (tertiary/aromatic N) is 2. The summed E-state index contributed by atoms with van der Waals surface area (Å²) < 4.78 is 46.3. The van der Waals surface area contributed by atoms with Gasteiger partial charge in [0.05, 0.1) is 24.2 Å². The fraction of sp³-hybridized carbons (Fsp3) is 0.610. The molecule has 2 fully saturated rings. The summed E-state index contributed by atoms with van der Waals surface area (Å²) >= 11 is 6.40. The maximum absolute atomic E-state index is 13.4. The van der Waals surface area contributed by atoms with Crippen molar-refractivity contribution in [3.63, 3.8) is 0 Å². The van der Waals surface area contributed by atoms with Crippen LogP contribution in [0.4, 0.5) is 5.69 Å². The maximum Gasteiger partial charge on any atom is 0.264 e. The predicted molar refractivity (Wildman–Crippen MR) is 212 cm³/mol. The lowest BCUT2D eigenvalue weighted by atomic mass is 9.64. The molecule has 3 heterocycles. The number of hydrogen-bond donors (Lipinski definition) is 2. The Morgan fingerprint density at radius 3 is 2.59 bits per heavy atom. The number of likely N-dealkylation sites (N-methyl/N-ethyl adjacent to an activating group) is 1. The van der Waals surface area contributed by atoms with Crippen molar-refractivity contribution in [2.45, 2.75) is 74.7 Å². The van der Waals surface area contributed by atoms with Gasteiger partial charge in [-0.2, -0.15) is 0 Å². The second kappa shape index (κ2) is 17.0. The number of anilines is 1. The lowest BCUT2D eigenvalue weighted by Gasteiger charge is -2.48. The van der Waals surface area contributed by atoms with Crippen LogP contribution >= 0.6 is 11.6 Å². The van der Waals surface area contributed by atoms with Crippen molar-refractivity contribution in [3.8, 4) is 5.75 Å². The molecule has 296 valence electrons. The van der Waals surface area contributed by atoms with E-state index in [0.717, 1.165) is 76.4 Å². The summed E-state index contributed by atoms with van der Waals surface area (Å²) in [6.45, 7) is 9.34. The summed E-state index contributed by atoms with van der Waals surface area (Å²) in [5.41, 5.74) is 2.05. The van der Waals surface area contributed by atoms with Crippen molar-refractivity contribution >= 4 is 39.5 Å². The average molecular weight is 785 g/mol. The van der Waals surface area contributed by atoms with Gasteiger partial charge in [-0.1, -0.05) is 30.7 Å². The third-order valence-electron chi connectivity index (χ3n) is 12.7. The molecule has 2 N–H and O–H groups in total. The van der Waals surface area contributed by atoms with Crippen LogP contribution in [-0.2, 0) is 36.1 Å². The fourth-order valence-corrected chi connectivity index (χ4v) is 10.2. The van der Waals surface area contributed by atoms with Gasteiger partial charge in [-0.3, -0.25) is 14.5 Å². The highest BCUT2D eigenvalue weighted by atomic mass is 35.5. The number of sulfonamides is 1. The van der Waals surface area contributed by atoms with Gasteiger partial charge in [0, 0.05) is 74.9 Å². The van der Waals surface area contributed by atoms with Crippen LogP contribution < -0.4 is 19.7 Å². The Balaban J connectivity index is 0.000000432. The number of carbonyl (C=O) groups excluding carboxylic acids is 2. The SMILES string of the molecule is COCCN(C)C1CNC1.CO[C@@]1(C=O)/C=C/C[C@H](C)[C@@H](C)S(=O)(=O)NC(=O)c2ccc3c(c2)N(C[C@@H]2CC[C@H]21)C[C@@]1(CCCc2cc(Cl)ccc21)CO3. The highest BCUT2D eigenvalue weighted by molar-refractivity contribution is 7.90. The van der Waals surface area contributed by atoms with E-state index in [9.17, 15) is 18.0 Å². The van der Waals surface area contributed by atoms with Crippen LogP contribution in [-0.4, -0.2) is 110 Å². The molecule has 13 heteroatoms. The van der Waals surface area contributed by atoms with Crippen LogP contribution in [0.25, 0.3) is 0 Å². The van der Waals surface area contributed by atoms with E-state index in [-0.39, 0.29) is 28.7 Å². The lowest BCUT2D eigenvalue weighted by molar-refractivity contribution is -0.135. The molecule has 2 aromatic rings. The number of rotatable bonds is 6. The van der Waals surface area contributed by atoms with Crippen LogP contribution in [0.15, 0.2) is 48.6 Å². The van der Waals surface area contributed by atoms with Crippen molar-refractivity contribution in [1.82, 2.24) is 14.9 Å². The summed E-state index contributed by atoms with van der Waals surface area (Å²) in [5.74, 6) is -0.203. The first-order valence-electron chi connectivity index (χ1n) is 19.3. The first-order chi connectivity index (χ1) is 25.8. The van der Waals surface area contributed by atoms with Crippen LogP contribution in [0.5, 0.6) is 5.75 Å². The van der Waals surface area contributed by atoms with Crippen molar-refractivity contribution in [1.29, 1.82) is 0 Å². The minimum Gasteiger partial charge on any atom is -0.490 e. The number of halogens is 1. The number of carbonyl (C=O) groups is 2. The van der Waals surface area contributed by atoms with Crippen molar-refractivity contribution in [2.24, 2.45) is 17.8 Å². The van der Waals surface area contributed by atoms with Gasteiger partial charge in [0.2, 0.25) is 10.0 Å². The Morgan fingerprint density at radius 1 is 1.13 bits per heavy atom. The molecule has 2 bridgehead atoms. The van der Waals surface area contributed by atoms with E-state index in [1.165, 1.54) is 11.1 Å².